The summed E-state index contributed by atoms with van der Waals surface area (Å²) in [6, 6.07) is 3.51. The highest BCUT2D eigenvalue weighted by molar-refractivity contribution is 5.87. The van der Waals surface area contributed by atoms with Crippen LogP contribution in [0.1, 0.15) is 23.6 Å². The molecule has 1 aromatic heterocycles. The van der Waals surface area contributed by atoms with Gasteiger partial charge < -0.3 is 39.6 Å². The molecule has 0 aliphatic rings. The predicted molar refractivity (Wildman–Crippen MR) is 125 cm³/mol. The number of carbonyl (C=O) groups excluding carboxylic acids is 1. The number of ether oxygens (including phenoxy) is 1. The summed E-state index contributed by atoms with van der Waals surface area (Å²) in [4.78, 5) is 26.5. The molecule has 5 N–H and O–H groups in total. The number of nitrogens with zero attached hydrogens (tertiary/aromatic N) is 1. The Morgan fingerprint density at radius 3 is 2.32 bits per heavy atom. The lowest BCUT2D eigenvalue weighted by molar-refractivity contribution is -0.137. The summed E-state index contributed by atoms with van der Waals surface area (Å²) in [6.07, 6.45) is -7.15. The molecular weight excluding hydrogens is 446 g/mol. The van der Waals surface area contributed by atoms with Gasteiger partial charge in [0.2, 0.25) is 5.91 Å². The highest BCUT2D eigenvalue weighted by atomic mass is 16.5. The lowest BCUT2D eigenvalue weighted by atomic mass is 10.0. The molecule has 0 spiro atoms. The van der Waals surface area contributed by atoms with E-state index in [2.05, 4.69) is 6.58 Å². The molecule has 2 rings (SSSR count). The largest absolute Gasteiger partial charge is 0.489 e. The van der Waals surface area contributed by atoms with E-state index in [1.54, 1.807) is 26.0 Å². The van der Waals surface area contributed by atoms with Crippen molar-refractivity contribution >= 4 is 16.9 Å². The molecule has 0 radical (unpaired) electrons. The molecule has 34 heavy (non-hydrogen) atoms. The number of aliphatic hydroxyl groups is 5. The lowest BCUT2D eigenvalue weighted by Crippen LogP contribution is -2.50. The van der Waals surface area contributed by atoms with Gasteiger partial charge >= 0.3 is 5.63 Å². The Morgan fingerprint density at radius 1 is 1.12 bits per heavy atom. The molecule has 0 saturated carbocycles. The van der Waals surface area contributed by atoms with Gasteiger partial charge in [0.25, 0.3) is 0 Å². The molecule has 0 bridgehead atoms. The van der Waals surface area contributed by atoms with Crippen LogP contribution in [0.3, 0.4) is 0 Å². The van der Waals surface area contributed by atoms with Crippen molar-refractivity contribution in [1.82, 2.24) is 4.90 Å². The van der Waals surface area contributed by atoms with Crippen LogP contribution in [0.15, 0.2) is 33.5 Å². The Morgan fingerprint density at radius 2 is 1.74 bits per heavy atom. The van der Waals surface area contributed by atoms with Gasteiger partial charge in [-0.1, -0.05) is 6.58 Å². The molecule has 1 heterocycles. The van der Waals surface area contributed by atoms with Gasteiger partial charge in [-0.2, -0.15) is 0 Å². The van der Waals surface area contributed by atoms with Gasteiger partial charge in [0, 0.05) is 24.5 Å². The van der Waals surface area contributed by atoms with Crippen molar-refractivity contribution in [2.45, 2.75) is 51.6 Å². The van der Waals surface area contributed by atoms with Gasteiger partial charge in [0.05, 0.1) is 18.6 Å². The van der Waals surface area contributed by atoms with Crippen molar-refractivity contribution in [1.29, 1.82) is 0 Å². The third-order valence-electron chi connectivity index (χ3n) is 5.67. The van der Waals surface area contributed by atoms with Gasteiger partial charge in [-0.3, -0.25) is 4.79 Å². The van der Waals surface area contributed by atoms with E-state index in [0.717, 1.165) is 10.5 Å². The van der Waals surface area contributed by atoms with Crippen molar-refractivity contribution in [2.24, 2.45) is 0 Å². The first-order valence-corrected chi connectivity index (χ1v) is 10.8. The monoisotopic (exact) mass is 479 g/mol. The summed E-state index contributed by atoms with van der Waals surface area (Å²) in [5, 5.41) is 48.7. The van der Waals surface area contributed by atoms with E-state index in [4.69, 9.17) is 14.3 Å². The SMILES string of the molecule is C=C(C)COc1ccc2c(C)c(CC(=O)N(C)C[C@H](O)[C@H](O)[C@@H](O)[C@H](O)CO)c(=O)oc2c1C. The van der Waals surface area contributed by atoms with Crippen molar-refractivity contribution in [3.63, 3.8) is 0 Å². The third-order valence-corrected chi connectivity index (χ3v) is 5.67. The van der Waals surface area contributed by atoms with Gasteiger partial charge in [0.1, 0.15) is 42.4 Å². The average molecular weight is 480 g/mol. The van der Waals surface area contributed by atoms with Crippen LogP contribution < -0.4 is 10.4 Å². The standard InChI is InChI=1S/C24H33NO9/c1-12(2)11-33-19-7-6-15-13(3)16(24(32)34-23(15)14(19)4)8-20(29)25(5)9-17(27)21(30)22(31)18(28)10-26/h6-7,17-18,21-22,26-28,30-31H,1,8-11H2,2-5H3/t17-,18+,21-,22-/m0/s1. The molecule has 0 aliphatic heterocycles. The second kappa shape index (κ2) is 11.6. The van der Waals surface area contributed by atoms with E-state index in [-0.39, 0.29) is 18.5 Å². The topological polar surface area (TPSA) is 161 Å². The number of aryl methyl sites for hydroxylation is 2. The van der Waals surface area contributed by atoms with Crippen LogP contribution in [0.2, 0.25) is 0 Å². The van der Waals surface area contributed by atoms with Crippen molar-refractivity contribution in [3.8, 4) is 5.75 Å². The van der Waals surface area contributed by atoms with Crippen molar-refractivity contribution < 1.29 is 39.5 Å². The van der Waals surface area contributed by atoms with Gasteiger partial charge in [0.15, 0.2) is 0 Å². The van der Waals surface area contributed by atoms with Crippen LogP contribution in [0.5, 0.6) is 5.75 Å². The number of hydrogen-bond donors (Lipinski definition) is 5. The lowest BCUT2D eigenvalue weighted by Gasteiger charge is -2.28. The number of rotatable bonds is 11. The highest BCUT2D eigenvalue weighted by Gasteiger charge is 2.31. The van der Waals surface area contributed by atoms with E-state index in [0.29, 0.717) is 34.5 Å². The Kier molecular flexibility index (Phi) is 9.37. The average Bonchev–Trinajstić information content (AvgIpc) is 2.79. The Labute approximate surface area is 197 Å². The van der Waals surface area contributed by atoms with Crippen LogP contribution in [0.25, 0.3) is 11.0 Å². The number of benzene rings is 1. The number of carbonyl (C=O) groups is 1. The number of amides is 1. The van der Waals surface area contributed by atoms with Gasteiger partial charge in [-0.05, 0) is 44.0 Å². The molecule has 0 unspecified atom stereocenters. The predicted octanol–water partition coefficient (Wildman–Crippen LogP) is -0.198. The van der Waals surface area contributed by atoms with Crippen LogP contribution in [-0.2, 0) is 11.2 Å². The fourth-order valence-electron chi connectivity index (χ4n) is 3.47. The number of fused-ring (bicyclic) bond motifs is 1. The fourth-order valence-corrected chi connectivity index (χ4v) is 3.47. The normalized spacial score (nSPS) is 15.0. The molecule has 10 heteroatoms. The highest BCUT2D eigenvalue weighted by Crippen LogP contribution is 2.29. The zero-order chi connectivity index (χ0) is 25.7. The van der Waals surface area contributed by atoms with Crippen molar-refractivity contribution in [2.75, 3.05) is 26.8 Å². The molecule has 0 aliphatic carbocycles. The summed E-state index contributed by atoms with van der Waals surface area (Å²) in [6.45, 7) is 8.24. The third kappa shape index (κ3) is 6.22. The van der Waals surface area contributed by atoms with E-state index >= 15 is 0 Å². The second-order valence-electron chi connectivity index (χ2n) is 8.55. The maximum Gasteiger partial charge on any atom is 0.340 e. The Bertz CT molecular complexity index is 1090. The Hall–Kier alpha value is -2.76. The first-order chi connectivity index (χ1) is 15.9. The van der Waals surface area contributed by atoms with E-state index in [9.17, 15) is 30.0 Å². The summed E-state index contributed by atoms with van der Waals surface area (Å²) in [5.41, 5.74) is 1.91. The fraction of sp³-hybridized carbons (Fsp3) is 0.500. The molecular formula is C24H33NO9. The van der Waals surface area contributed by atoms with E-state index in [1.807, 2.05) is 6.92 Å². The van der Waals surface area contributed by atoms with Gasteiger partial charge in [-0.25, -0.2) is 4.79 Å². The first-order valence-electron chi connectivity index (χ1n) is 10.8. The minimum absolute atomic E-state index is 0.158. The number of likely N-dealkylation sites (N-methyl/N-ethyl adjacent to an activating group) is 1. The van der Waals surface area contributed by atoms with Crippen LogP contribution in [0, 0.1) is 13.8 Å². The number of hydrogen-bond acceptors (Lipinski definition) is 9. The molecule has 0 saturated heterocycles. The van der Waals surface area contributed by atoms with Crippen LogP contribution in [0.4, 0.5) is 0 Å². The minimum atomic E-state index is -1.80. The quantitative estimate of drug-likeness (QED) is 0.217. The van der Waals surface area contributed by atoms with E-state index < -0.39 is 42.6 Å². The smallest absolute Gasteiger partial charge is 0.340 e. The molecule has 188 valence electrons. The zero-order valence-electron chi connectivity index (χ0n) is 19.8. The van der Waals surface area contributed by atoms with E-state index in [1.165, 1.54) is 7.05 Å². The van der Waals surface area contributed by atoms with Crippen LogP contribution in [-0.4, -0.2) is 87.6 Å². The molecule has 2 aromatic rings. The summed E-state index contributed by atoms with van der Waals surface area (Å²) in [7, 11) is 1.36. The summed E-state index contributed by atoms with van der Waals surface area (Å²) >= 11 is 0. The molecule has 0 fully saturated rings. The minimum Gasteiger partial charge on any atom is -0.489 e. The second-order valence-corrected chi connectivity index (χ2v) is 8.55. The van der Waals surface area contributed by atoms with Gasteiger partial charge in [-0.15, -0.1) is 0 Å². The maximum atomic E-state index is 12.7. The molecule has 4 atom stereocenters. The van der Waals surface area contributed by atoms with Crippen LogP contribution >= 0.6 is 0 Å². The summed E-state index contributed by atoms with van der Waals surface area (Å²) < 4.78 is 11.2. The molecule has 10 nitrogen and oxygen atoms in total. The molecule has 1 amide bonds. The molecule has 1 aromatic carbocycles. The maximum absolute atomic E-state index is 12.7. The Balaban J connectivity index is 2.21. The zero-order valence-corrected chi connectivity index (χ0v) is 19.8. The summed E-state index contributed by atoms with van der Waals surface area (Å²) in [5.74, 6) is 0.0268. The first kappa shape index (κ1) is 27.5. The van der Waals surface area contributed by atoms with Crippen molar-refractivity contribution in [3.05, 3.63) is 51.4 Å². The number of aliphatic hydroxyl groups excluding tert-OH is 5.